The number of aliphatic imine (C=N–C) groups is 1. The van der Waals surface area contributed by atoms with Crippen LogP contribution in [-0.2, 0) is 6.54 Å². The molecule has 6 heteroatoms. The van der Waals surface area contributed by atoms with E-state index in [4.69, 9.17) is 11.5 Å². The number of nitrogens with two attached hydrogens (primary N) is 2. The fourth-order valence-electron chi connectivity index (χ4n) is 1.78. The second-order valence-electron chi connectivity index (χ2n) is 4.31. The lowest BCUT2D eigenvalue weighted by atomic mass is 10.1. The first kappa shape index (κ1) is 14.8. The molecule has 108 valence electrons. The summed E-state index contributed by atoms with van der Waals surface area (Å²) in [5.74, 6) is 0.156. The molecule has 0 amide bonds. The number of nitrogens with zero attached hydrogens (tertiary/aromatic N) is 3. The first-order chi connectivity index (χ1) is 10.2. The molecule has 0 aliphatic heterocycles. The molecule has 0 fully saturated rings. The maximum Gasteiger partial charge on any atom is 0.159 e. The summed E-state index contributed by atoms with van der Waals surface area (Å²) in [4.78, 5) is 12.5. The third-order valence-electron chi connectivity index (χ3n) is 2.86. The van der Waals surface area contributed by atoms with Crippen molar-refractivity contribution in [3.63, 3.8) is 0 Å². The van der Waals surface area contributed by atoms with Crippen molar-refractivity contribution in [1.29, 1.82) is 0 Å². The Labute approximate surface area is 122 Å². The van der Waals surface area contributed by atoms with Gasteiger partial charge in [-0.15, -0.1) is 0 Å². The van der Waals surface area contributed by atoms with Gasteiger partial charge >= 0.3 is 0 Å². The smallest absolute Gasteiger partial charge is 0.159 e. The van der Waals surface area contributed by atoms with Crippen LogP contribution in [0.15, 0.2) is 41.5 Å². The highest BCUT2D eigenvalue weighted by atomic mass is 19.1. The van der Waals surface area contributed by atoms with E-state index in [-0.39, 0.29) is 12.4 Å². The van der Waals surface area contributed by atoms with Gasteiger partial charge in [0.05, 0.1) is 11.4 Å². The Morgan fingerprint density at radius 2 is 2.05 bits per heavy atom. The van der Waals surface area contributed by atoms with Crippen LogP contribution in [0.5, 0.6) is 0 Å². The summed E-state index contributed by atoms with van der Waals surface area (Å²) < 4.78 is 13.0. The minimum Gasteiger partial charge on any atom is -0.397 e. The molecule has 0 aliphatic carbocycles. The molecule has 0 spiro atoms. The fourth-order valence-corrected chi connectivity index (χ4v) is 1.78. The van der Waals surface area contributed by atoms with Crippen LogP contribution < -0.4 is 11.5 Å². The lowest BCUT2D eigenvalue weighted by Gasteiger charge is -2.09. The Morgan fingerprint density at radius 1 is 1.33 bits per heavy atom. The molecule has 2 rings (SSSR count). The monoisotopic (exact) mass is 285 g/mol. The largest absolute Gasteiger partial charge is 0.397 e. The fraction of sp³-hybridized carbons (Fsp3) is 0.133. The second-order valence-corrected chi connectivity index (χ2v) is 4.31. The molecule has 0 saturated carbocycles. The van der Waals surface area contributed by atoms with Crippen molar-refractivity contribution >= 4 is 11.9 Å². The van der Waals surface area contributed by atoms with E-state index in [1.165, 1.54) is 12.1 Å². The standard InChI is InChI=1S/C15H16FN5/c1-19-7-6-13(18)14-11(8-17)9-20-15(21-14)10-2-4-12(16)5-3-10/h2-7,9H,8,17-18H2,1H3/b13-6-,19-7?. The van der Waals surface area contributed by atoms with Crippen LogP contribution in [-0.4, -0.2) is 23.2 Å². The third-order valence-corrected chi connectivity index (χ3v) is 2.86. The normalized spacial score (nSPS) is 12.0. The summed E-state index contributed by atoms with van der Waals surface area (Å²) in [5, 5.41) is 0. The van der Waals surface area contributed by atoms with Gasteiger partial charge in [-0.05, 0) is 30.3 Å². The highest BCUT2D eigenvalue weighted by Gasteiger charge is 2.10. The number of rotatable bonds is 4. The summed E-state index contributed by atoms with van der Waals surface area (Å²) in [6.45, 7) is 0.275. The molecule has 2 aromatic rings. The molecule has 4 N–H and O–H groups in total. The van der Waals surface area contributed by atoms with Crippen molar-refractivity contribution in [2.45, 2.75) is 6.54 Å². The predicted octanol–water partition coefficient (Wildman–Crippen LogP) is 1.74. The Balaban J connectivity index is 2.49. The molecule has 0 atom stereocenters. The Bertz CT molecular complexity index is 677. The van der Waals surface area contributed by atoms with E-state index >= 15 is 0 Å². The minimum atomic E-state index is -0.309. The maximum atomic E-state index is 13.0. The Morgan fingerprint density at radius 3 is 2.67 bits per heavy atom. The zero-order valence-corrected chi connectivity index (χ0v) is 11.6. The molecule has 1 aromatic heterocycles. The molecule has 0 saturated heterocycles. The van der Waals surface area contributed by atoms with Gasteiger partial charge in [0.1, 0.15) is 5.82 Å². The topological polar surface area (TPSA) is 90.2 Å². The van der Waals surface area contributed by atoms with Crippen LogP contribution in [0.3, 0.4) is 0 Å². The zero-order chi connectivity index (χ0) is 15.2. The molecule has 0 unspecified atom stereocenters. The summed E-state index contributed by atoms with van der Waals surface area (Å²) in [6, 6.07) is 5.95. The number of halogens is 1. The van der Waals surface area contributed by atoms with Crippen molar-refractivity contribution in [2.24, 2.45) is 16.5 Å². The van der Waals surface area contributed by atoms with E-state index in [0.717, 1.165) is 5.56 Å². The molecular formula is C15H16FN5. The molecule has 0 radical (unpaired) electrons. The van der Waals surface area contributed by atoms with Crippen molar-refractivity contribution < 1.29 is 4.39 Å². The quantitative estimate of drug-likeness (QED) is 0.837. The van der Waals surface area contributed by atoms with Crippen LogP contribution in [0.2, 0.25) is 0 Å². The SMILES string of the molecule is CN=C/C=C(\N)c1nc(-c2ccc(F)cc2)ncc1CN. The molecular weight excluding hydrogens is 269 g/mol. The average molecular weight is 285 g/mol. The van der Waals surface area contributed by atoms with Crippen LogP contribution in [0.4, 0.5) is 4.39 Å². The van der Waals surface area contributed by atoms with Crippen LogP contribution in [0.1, 0.15) is 11.3 Å². The first-order valence-corrected chi connectivity index (χ1v) is 6.36. The highest BCUT2D eigenvalue weighted by Crippen LogP contribution is 2.19. The number of hydrogen-bond donors (Lipinski definition) is 2. The van der Waals surface area contributed by atoms with Gasteiger partial charge < -0.3 is 11.5 Å². The van der Waals surface area contributed by atoms with Crippen LogP contribution in [0, 0.1) is 5.82 Å². The lowest BCUT2D eigenvalue weighted by Crippen LogP contribution is -2.10. The van der Waals surface area contributed by atoms with Gasteiger partial charge in [-0.3, -0.25) is 4.99 Å². The van der Waals surface area contributed by atoms with Gasteiger partial charge in [-0.2, -0.15) is 0 Å². The van der Waals surface area contributed by atoms with E-state index in [0.29, 0.717) is 22.8 Å². The lowest BCUT2D eigenvalue weighted by molar-refractivity contribution is 0.628. The van der Waals surface area contributed by atoms with Gasteiger partial charge in [0, 0.05) is 37.1 Å². The summed E-state index contributed by atoms with van der Waals surface area (Å²) in [5.41, 5.74) is 14.1. The first-order valence-electron chi connectivity index (χ1n) is 6.36. The van der Waals surface area contributed by atoms with E-state index in [1.807, 2.05) is 0 Å². The van der Waals surface area contributed by atoms with E-state index < -0.39 is 0 Å². The van der Waals surface area contributed by atoms with E-state index in [9.17, 15) is 4.39 Å². The van der Waals surface area contributed by atoms with Crippen LogP contribution >= 0.6 is 0 Å². The van der Waals surface area contributed by atoms with Crippen molar-refractivity contribution in [3.8, 4) is 11.4 Å². The van der Waals surface area contributed by atoms with Gasteiger partial charge in [0.2, 0.25) is 0 Å². The predicted molar refractivity (Wildman–Crippen MR) is 81.9 cm³/mol. The maximum absolute atomic E-state index is 13.0. The van der Waals surface area contributed by atoms with Crippen molar-refractivity contribution in [2.75, 3.05) is 7.05 Å². The highest BCUT2D eigenvalue weighted by molar-refractivity contribution is 5.83. The minimum absolute atomic E-state index is 0.275. The average Bonchev–Trinajstić information content (AvgIpc) is 2.52. The summed E-state index contributed by atoms with van der Waals surface area (Å²) in [7, 11) is 1.65. The van der Waals surface area contributed by atoms with Gasteiger partial charge in [-0.25, -0.2) is 14.4 Å². The molecule has 1 aromatic carbocycles. The summed E-state index contributed by atoms with van der Waals surface area (Å²) in [6.07, 6.45) is 4.86. The molecule has 5 nitrogen and oxygen atoms in total. The Kier molecular flexibility index (Phi) is 4.73. The van der Waals surface area contributed by atoms with Crippen molar-refractivity contribution in [3.05, 3.63) is 53.6 Å². The van der Waals surface area contributed by atoms with Crippen LogP contribution in [0.25, 0.3) is 17.1 Å². The van der Waals surface area contributed by atoms with Gasteiger partial charge in [-0.1, -0.05) is 0 Å². The number of hydrogen-bond acceptors (Lipinski definition) is 5. The number of allylic oxidation sites excluding steroid dienone is 1. The third kappa shape index (κ3) is 3.49. The molecule has 1 heterocycles. The molecule has 0 aliphatic rings. The number of aromatic nitrogens is 2. The van der Waals surface area contributed by atoms with Crippen molar-refractivity contribution in [1.82, 2.24) is 9.97 Å². The van der Waals surface area contributed by atoms with E-state index in [2.05, 4.69) is 15.0 Å². The molecule has 21 heavy (non-hydrogen) atoms. The Hall–Kier alpha value is -2.60. The second kappa shape index (κ2) is 6.71. The summed E-state index contributed by atoms with van der Waals surface area (Å²) >= 11 is 0. The number of benzene rings is 1. The zero-order valence-electron chi connectivity index (χ0n) is 11.6. The van der Waals surface area contributed by atoms with Gasteiger partial charge in [0.25, 0.3) is 0 Å². The van der Waals surface area contributed by atoms with E-state index in [1.54, 1.807) is 37.7 Å². The van der Waals surface area contributed by atoms with Gasteiger partial charge in [0.15, 0.2) is 5.82 Å². The molecule has 0 bridgehead atoms.